The molecule has 6 heteroatoms. The molecule has 1 aliphatic rings. The summed E-state index contributed by atoms with van der Waals surface area (Å²) in [6.07, 6.45) is 2.68. The number of carbonyl (C=O) groups excluding carboxylic acids is 1. The first kappa shape index (κ1) is 13.8. The third-order valence-corrected chi connectivity index (χ3v) is 4.15. The summed E-state index contributed by atoms with van der Waals surface area (Å²) < 4.78 is 21.3. The zero-order chi connectivity index (χ0) is 12.2. The highest BCUT2D eigenvalue weighted by atomic mass is 35.7. The maximum Gasteiger partial charge on any atom is 0.232 e. The van der Waals surface area contributed by atoms with Crippen molar-refractivity contribution in [3.8, 4) is 0 Å². The summed E-state index contributed by atoms with van der Waals surface area (Å²) >= 11 is 0. The van der Waals surface area contributed by atoms with Crippen molar-refractivity contribution in [2.75, 3.05) is 18.8 Å². The predicted octanol–water partition coefficient (Wildman–Crippen LogP) is 1.59. The average molecular weight is 268 g/mol. The van der Waals surface area contributed by atoms with Crippen molar-refractivity contribution >= 4 is 25.6 Å². The van der Waals surface area contributed by atoms with Gasteiger partial charge in [0.1, 0.15) is 0 Å². The number of rotatable bonds is 4. The molecule has 0 unspecified atom stereocenters. The molecular formula is C10H18ClNO3S. The number of nitrogens with zero attached hydrogens (tertiary/aromatic N) is 1. The molecule has 0 saturated carbocycles. The Morgan fingerprint density at radius 1 is 1.38 bits per heavy atom. The van der Waals surface area contributed by atoms with Crippen LogP contribution < -0.4 is 0 Å². The topological polar surface area (TPSA) is 54.5 Å². The Labute approximate surface area is 101 Å². The Balaban J connectivity index is 2.25. The summed E-state index contributed by atoms with van der Waals surface area (Å²) in [5.41, 5.74) is 0. The summed E-state index contributed by atoms with van der Waals surface area (Å²) in [4.78, 5) is 13.5. The van der Waals surface area contributed by atoms with Gasteiger partial charge < -0.3 is 4.90 Å². The molecule has 1 heterocycles. The lowest BCUT2D eigenvalue weighted by Gasteiger charge is -2.30. The molecule has 0 aromatic heterocycles. The first-order valence-corrected chi connectivity index (χ1v) is 8.06. The van der Waals surface area contributed by atoms with E-state index < -0.39 is 9.05 Å². The molecule has 4 nitrogen and oxygen atoms in total. The van der Waals surface area contributed by atoms with Gasteiger partial charge in [-0.05, 0) is 25.2 Å². The van der Waals surface area contributed by atoms with Crippen molar-refractivity contribution < 1.29 is 13.2 Å². The Kier molecular flexibility index (Phi) is 5.05. The standard InChI is InChI=1S/C10H18ClNO3S/c1-9-4-6-12(7-5-9)10(13)3-2-8-16(11,14)15/h9H,2-8H2,1H3. The van der Waals surface area contributed by atoms with Crippen LogP contribution in [0.2, 0.25) is 0 Å². The Bertz CT molecular complexity index is 334. The van der Waals surface area contributed by atoms with Gasteiger partial charge in [0, 0.05) is 30.2 Å². The molecule has 0 aromatic rings. The van der Waals surface area contributed by atoms with Gasteiger partial charge in [-0.1, -0.05) is 6.92 Å². The smallest absolute Gasteiger partial charge is 0.232 e. The van der Waals surface area contributed by atoms with E-state index in [-0.39, 0.29) is 18.1 Å². The molecule has 0 bridgehead atoms. The number of piperidine rings is 1. The van der Waals surface area contributed by atoms with Gasteiger partial charge in [-0.25, -0.2) is 8.42 Å². The first-order chi connectivity index (χ1) is 7.38. The fourth-order valence-electron chi connectivity index (χ4n) is 1.81. The zero-order valence-electron chi connectivity index (χ0n) is 9.49. The van der Waals surface area contributed by atoms with E-state index in [1.165, 1.54) is 0 Å². The number of hydrogen-bond donors (Lipinski definition) is 0. The van der Waals surface area contributed by atoms with Crippen molar-refractivity contribution in [3.05, 3.63) is 0 Å². The van der Waals surface area contributed by atoms with E-state index in [1.54, 1.807) is 0 Å². The summed E-state index contributed by atoms with van der Waals surface area (Å²) in [6, 6.07) is 0. The first-order valence-electron chi connectivity index (χ1n) is 5.58. The molecule has 0 radical (unpaired) electrons. The van der Waals surface area contributed by atoms with Crippen LogP contribution in [0, 0.1) is 5.92 Å². The van der Waals surface area contributed by atoms with Crippen LogP contribution in [0.3, 0.4) is 0 Å². The molecule has 0 aliphatic carbocycles. The SMILES string of the molecule is CC1CCN(C(=O)CCCS(=O)(=O)Cl)CC1. The average Bonchev–Trinajstić information content (AvgIpc) is 2.16. The molecule has 1 aliphatic heterocycles. The lowest BCUT2D eigenvalue weighted by Crippen LogP contribution is -2.37. The highest BCUT2D eigenvalue weighted by molar-refractivity contribution is 8.13. The van der Waals surface area contributed by atoms with Gasteiger partial charge in [0.15, 0.2) is 0 Å². The predicted molar refractivity (Wildman–Crippen MR) is 63.9 cm³/mol. The minimum atomic E-state index is -3.46. The van der Waals surface area contributed by atoms with E-state index in [0.29, 0.717) is 12.3 Å². The molecule has 0 N–H and O–H groups in total. The summed E-state index contributed by atoms with van der Waals surface area (Å²) in [7, 11) is 1.61. The van der Waals surface area contributed by atoms with E-state index in [4.69, 9.17) is 10.7 Å². The van der Waals surface area contributed by atoms with Gasteiger partial charge in [-0.3, -0.25) is 4.79 Å². The van der Waals surface area contributed by atoms with E-state index in [0.717, 1.165) is 25.9 Å². The second kappa shape index (κ2) is 5.87. The minimum Gasteiger partial charge on any atom is -0.343 e. The third kappa shape index (κ3) is 5.16. The maximum atomic E-state index is 11.7. The second-order valence-corrected chi connectivity index (χ2v) is 7.31. The highest BCUT2D eigenvalue weighted by Crippen LogP contribution is 2.17. The molecule has 1 fully saturated rings. The van der Waals surface area contributed by atoms with Crippen molar-refractivity contribution in [1.29, 1.82) is 0 Å². The maximum absolute atomic E-state index is 11.7. The number of carbonyl (C=O) groups is 1. The van der Waals surface area contributed by atoms with Crippen LogP contribution in [0.25, 0.3) is 0 Å². The van der Waals surface area contributed by atoms with Crippen molar-refractivity contribution in [2.45, 2.75) is 32.6 Å². The molecule has 1 saturated heterocycles. The van der Waals surface area contributed by atoms with Crippen LogP contribution in [-0.4, -0.2) is 38.1 Å². The molecule has 0 aromatic carbocycles. The molecule has 16 heavy (non-hydrogen) atoms. The summed E-state index contributed by atoms with van der Waals surface area (Å²) in [6.45, 7) is 3.78. The van der Waals surface area contributed by atoms with Crippen LogP contribution >= 0.6 is 10.7 Å². The Morgan fingerprint density at radius 3 is 2.44 bits per heavy atom. The van der Waals surface area contributed by atoms with Gasteiger partial charge in [-0.15, -0.1) is 0 Å². The van der Waals surface area contributed by atoms with Crippen LogP contribution in [0.5, 0.6) is 0 Å². The largest absolute Gasteiger partial charge is 0.343 e. The van der Waals surface area contributed by atoms with E-state index in [9.17, 15) is 13.2 Å². The van der Waals surface area contributed by atoms with Crippen LogP contribution in [-0.2, 0) is 13.8 Å². The lowest BCUT2D eigenvalue weighted by molar-refractivity contribution is -0.132. The van der Waals surface area contributed by atoms with Gasteiger partial charge in [0.25, 0.3) is 0 Å². The summed E-state index contributed by atoms with van der Waals surface area (Å²) in [5.74, 6) is 0.615. The van der Waals surface area contributed by atoms with Gasteiger partial charge >= 0.3 is 0 Å². The van der Waals surface area contributed by atoms with E-state index in [2.05, 4.69) is 6.92 Å². The normalized spacial score (nSPS) is 18.8. The number of likely N-dealkylation sites (tertiary alicyclic amines) is 1. The molecule has 94 valence electrons. The summed E-state index contributed by atoms with van der Waals surface area (Å²) in [5, 5.41) is 0. The second-order valence-electron chi connectivity index (χ2n) is 4.41. The highest BCUT2D eigenvalue weighted by Gasteiger charge is 2.20. The van der Waals surface area contributed by atoms with Gasteiger partial charge in [0.05, 0.1) is 5.75 Å². The van der Waals surface area contributed by atoms with Crippen LogP contribution in [0.1, 0.15) is 32.6 Å². The van der Waals surface area contributed by atoms with E-state index >= 15 is 0 Å². The number of amides is 1. The zero-order valence-corrected chi connectivity index (χ0v) is 11.1. The van der Waals surface area contributed by atoms with Crippen LogP contribution in [0.15, 0.2) is 0 Å². The molecular weight excluding hydrogens is 250 g/mol. The van der Waals surface area contributed by atoms with Gasteiger partial charge in [0.2, 0.25) is 15.0 Å². The molecule has 0 spiro atoms. The minimum absolute atomic E-state index is 0.0483. The van der Waals surface area contributed by atoms with Gasteiger partial charge in [-0.2, -0.15) is 0 Å². The van der Waals surface area contributed by atoms with Crippen molar-refractivity contribution in [1.82, 2.24) is 4.90 Å². The van der Waals surface area contributed by atoms with Crippen molar-refractivity contribution in [3.63, 3.8) is 0 Å². The Morgan fingerprint density at radius 2 is 1.94 bits per heavy atom. The lowest BCUT2D eigenvalue weighted by atomic mass is 9.99. The van der Waals surface area contributed by atoms with E-state index in [1.807, 2.05) is 4.90 Å². The monoisotopic (exact) mass is 267 g/mol. The quantitative estimate of drug-likeness (QED) is 0.727. The van der Waals surface area contributed by atoms with Crippen molar-refractivity contribution in [2.24, 2.45) is 5.92 Å². The number of hydrogen-bond acceptors (Lipinski definition) is 3. The molecule has 0 atom stereocenters. The molecule has 1 amide bonds. The fourth-order valence-corrected chi connectivity index (χ4v) is 2.63. The fraction of sp³-hybridized carbons (Fsp3) is 0.900. The number of halogens is 1. The third-order valence-electron chi connectivity index (χ3n) is 2.92. The molecule has 1 rings (SSSR count). The van der Waals surface area contributed by atoms with Crippen LogP contribution in [0.4, 0.5) is 0 Å². The Hall–Kier alpha value is -0.290.